The minimum absolute atomic E-state index is 0.0106. The molecule has 0 atom stereocenters. The van der Waals surface area contributed by atoms with Crippen LogP contribution in [0.25, 0.3) is 32.9 Å². The maximum absolute atomic E-state index is 7.54. The fraction of sp³-hybridized carbons (Fsp3) is 0.138. The number of hydrogen-bond acceptors (Lipinski definition) is 5. The number of nitrogens with zero attached hydrogens (tertiary/aromatic N) is 3. The monoisotopic (exact) mass is 829 g/mol. The topological polar surface area (TPSA) is 36.0 Å². The quantitative estimate of drug-likeness (QED) is 0.162. The molecule has 8 aromatic carbocycles. The Labute approximate surface area is 374 Å². The van der Waals surface area contributed by atoms with Crippen LogP contribution in [0.3, 0.4) is 0 Å². The third-order valence-corrected chi connectivity index (χ3v) is 13.3. The standard InChI is InChI=1S/C58H48BN3O2/c1-57(2,3)37-24-28-41(29-25-37)61-47-34-32-43(60(39-16-9-7-10-17-39)40-18-11-8-12-19-40)36-46(47)59-53-48(61)21-15-22-49(53)62(42-30-26-38(27-31-42)58(4,5)6)54-45-33-35-51-52(55(45)64-56(54)59)44-20-13-14-23-50(44)63-51/h7-36H,1-6H3. The number of rotatable bonds is 5. The van der Waals surface area contributed by atoms with Crippen LogP contribution in [0, 0.1) is 0 Å². The average Bonchev–Trinajstić information content (AvgIpc) is 3.88. The Hall–Kier alpha value is -7.44. The largest absolute Gasteiger partial charge is 0.467 e. The molecule has 0 radical (unpaired) electrons. The zero-order chi connectivity index (χ0) is 43.5. The summed E-state index contributed by atoms with van der Waals surface area (Å²) >= 11 is 0. The second-order valence-corrected chi connectivity index (χ2v) is 19.4. The van der Waals surface area contributed by atoms with Gasteiger partial charge in [0.05, 0.1) is 16.7 Å². The van der Waals surface area contributed by atoms with Gasteiger partial charge in [-0.3, -0.25) is 0 Å². The molecule has 0 fully saturated rings. The number of anilines is 9. The van der Waals surface area contributed by atoms with E-state index < -0.39 is 0 Å². The molecule has 5 nitrogen and oxygen atoms in total. The van der Waals surface area contributed by atoms with Crippen LogP contribution in [-0.2, 0) is 10.8 Å². The van der Waals surface area contributed by atoms with E-state index in [0.717, 1.165) is 89.8 Å². The van der Waals surface area contributed by atoms with E-state index in [1.807, 2.05) is 12.1 Å². The molecule has 10 aromatic rings. The van der Waals surface area contributed by atoms with E-state index >= 15 is 0 Å². The van der Waals surface area contributed by atoms with Crippen LogP contribution in [-0.4, -0.2) is 6.71 Å². The lowest BCUT2D eigenvalue weighted by atomic mass is 9.35. The predicted octanol–water partition coefficient (Wildman–Crippen LogP) is 14.5. The Kier molecular flexibility index (Phi) is 8.39. The Morgan fingerprint density at radius 1 is 0.453 bits per heavy atom. The molecule has 0 aliphatic carbocycles. The Morgan fingerprint density at radius 2 is 1.03 bits per heavy atom. The highest BCUT2D eigenvalue weighted by Gasteiger charge is 2.47. The maximum atomic E-state index is 7.54. The molecule has 310 valence electrons. The van der Waals surface area contributed by atoms with Gasteiger partial charge in [0.15, 0.2) is 0 Å². The summed E-state index contributed by atoms with van der Waals surface area (Å²) in [6, 6.07) is 66.1. The Balaban J connectivity index is 1.17. The van der Waals surface area contributed by atoms with Gasteiger partial charge in [-0.15, -0.1) is 0 Å². The van der Waals surface area contributed by atoms with Gasteiger partial charge in [-0.1, -0.05) is 126 Å². The normalized spacial score (nSPS) is 13.4. The van der Waals surface area contributed by atoms with Crippen molar-refractivity contribution >= 4 is 107 Å². The molecule has 2 aliphatic heterocycles. The van der Waals surface area contributed by atoms with Crippen molar-refractivity contribution in [1.82, 2.24) is 0 Å². The second-order valence-electron chi connectivity index (χ2n) is 19.4. The lowest BCUT2D eigenvalue weighted by Crippen LogP contribution is -2.61. The molecule has 2 aromatic heterocycles. The summed E-state index contributed by atoms with van der Waals surface area (Å²) in [5, 5.41) is 3.10. The van der Waals surface area contributed by atoms with Crippen molar-refractivity contribution < 1.29 is 8.83 Å². The Morgan fingerprint density at radius 3 is 1.66 bits per heavy atom. The summed E-state index contributed by atoms with van der Waals surface area (Å²) in [4.78, 5) is 7.27. The number of fused-ring (bicyclic) bond motifs is 10. The molecule has 0 saturated carbocycles. The van der Waals surface area contributed by atoms with Gasteiger partial charge in [-0.2, -0.15) is 0 Å². The van der Waals surface area contributed by atoms with Gasteiger partial charge in [-0.25, -0.2) is 0 Å². The van der Waals surface area contributed by atoms with Gasteiger partial charge < -0.3 is 23.5 Å². The number of para-hydroxylation sites is 3. The van der Waals surface area contributed by atoms with Crippen molar-refractivity contribution in [2.45, 2.75) is 52.4 Å². The van der Waals surface area contributed by atoms with Crippen LogP contribution in [0.4, 0.5) is 51.2 Å². The molecule has 0 saturated heterocycles. The van der Waals surface area contributed by atoms with Crippen LogP contribution in [0.15, 0.2) is 191 Å². The molecular weight excluding hydrogens is 781 g/mol. The lowest BCUT2D eigenvalue weighted by molar-refractivity contribution is 0.590. The van der Waals surface area contributed by atoms with Gasteiger partial charge >= 0.3 is 0 Å². The SMILES string of the molecule is CC(C)(C)c1ccc(N2c3ccc(N(c4ccccc4)c4ccccc4)cc3B3c4oc5c(ccc6oc7ccccc7c65)c4N(c4ccc(C(C)(C)C)cc4)c4cccc2c43)cc1. The summed E-state index contributed by atoms with van der Waals surface area (Å²) in [5.41, 5.74) is 18.3. The van der Waals surface area contributed by atoms with E-state index in [4.69, 9.17) is 8.83 Å². The minimum atomic E-state index is -0.236. The first kappa shape index (κ1) is 38.3. The third kappa shape index (κ3) is 5.85. The van der Waals surface area contributed by atoms with Gasteiger partial charge in [0.2, 0.25) is 0 Å². The van der Waals surface area contributed by atoms with E-state index in [0.29, 0.717) is 0 Å². The molecular formula is C58H48BN3O2. The summed E-state index contributed by atoms with van der Waals surface area (Å²) < 4.78 is 14.0. The van der Waals surface area contributed by atoms with Gasteiger partial charge in [0.1, 0.15) is 16.7 Å². The van der Waals surface area contributed by atoms with E-state index in [1.54, 1.807) is 0 Å². The minimum Gasteiger partial charge on any atom is -0.467 e. The first-order valence-corrected chi connectivity index (χ1v) is 22.4. The molecule has 2 aliphatic rings. The van der Waals surface area contributed by atoms with E-state index in [2.05, 4.69) is 226 Å². The summed E-state index contributed by atoms with van der Waals surface area (Å²) in [5.74, 6) is 0. The molecule has 4 heterocycles. The van der Waals surface area contributed by atoms with Gasteiger partial charge in [0, 0.05) is 56.3 Å². The molecule has 0 spiro atoms. The van der Waals surface area contributed by atoms with Crippen LogP contribution in [0.5, 0.6) is 0 Å². The van der Waals surface area contributed by atoms with Crippen LogP contribution in [0.2, 0.25) is 0 Å². The van der Waals surface area contributed by atoms with Crippen LogP contribution < -0.4 is 31.3 Å². The number of hydrogen-bond donors (Lipinski definition) is 0. The summed E-state index contributed by atoms with van der Waals surface area (Å²) in [7, 11) is 0. The fourth-order valence-corrected chi connectivity index (χ4v) is 10.2. The molecule has 0 amide bonds. The number of benzene rings is 8. The number of furan rings is 2. The Bertz CT molecular complexity index is 3370. The molecule has 0 N–H and O–H groups in total. The van der Waals surface area contributed by atoms with Crippen molar-refractivity contribution in [3.05, 3.63) is 193 Å². The highest BCUT2D eigenvalue weighted by atomic mass is 16.3. The predicted molar refractivity (Wildman–Crippen MR) is 270 cm³/mol. The van der Waals surface area contributed by atoms with Crippen molar-refractivity contribution in [3.63, 3.8) is 0 Å². The highest BCUT2D eigenvalue weighted by Crippen LogP contribution is 2.49. The lowest BCUT2D eigenvalue weighted by Gasteiger charge is -2.42. The summed E-state index contributed by atoms with van der Waals surface area (Å²) in [6.07, 6.45) is 0. The molecule has 64 heavy (non-hydrogen) atoms. The highest BCUT2D eigenvalue weighted by molar-refractivity contribution is 7.00. The zero-order valence-electron chi connectivity index (χ0n) is 37.1. The van der Waals surface area contributed by atoms with Gasteiger partial charge in [0.25, 0.3) is 6.71 Å². The molecule has 0 bridgehead atoms. The van der Waals surface area contributed by atoms with E-state index in [1.165, 1.54) is 22.1 Å². The van der Waals surface area contributed by atoms with Crippen molar-refractivity contribution in [1.29, 1.82) is 0 Å². The molecule has 0 unspecified atom stereocenters. The third-order valence-electron chi connectivity index (χ3n) is 13.3. The first-order valence-electron chi connectivity index (χ1n) is 22.4. The average molecular weight is 830 g/mol. The van der Waals surface area contributed by atoms with Crippen molar-refractivity contribution in [2.24, 2.45) is 0 Å². The second kappa shape index (κ2) is 14.0. The fourth-order valence-electron chi connectivity index (χ4n) is 10.2. The van der Waals surface area contributed by atoms with Crippen LogP contribution in [0.1, 0.15) is 52.7 Å². The zero-order valence-corrected chi connectivity index (χ0v) is 37.1. The smallest absolute Gasteiger partial charge is 0.297 e. The van der Waals surface area contributed by atoms with E-state index in [-0.39, 0.29) is 17.5 Å². The van der Waals surface area contributed by atoms with Crippen LogP contribution >= 0.6 is 0 Å². The van der Waals surface area contributed by atoms with Crippen molar-refractivity contribution in [2.75, 3.05) is 14.7 Å². The van der Waals surface area contributed by atoms with E-state index in [9.17, 15) is 0 Å². The van der Waals surface area contributed by atoms with Crippen molar-refractivity contribution in [3.8, 4) is 0 Å². The van der Waals surface area contributed by atoms with Gasteiger partial charge in [-0.05, 0) is 130 Å². The molecule has 12 rings (SSSR count). The summed E-state index contributed by atoms with van der Waals surface area (Å²) in [6.45, 7) is 13.4. The maximum Gasteiger partial charge on any atom is 0.297 e. The molecule has 6 heteroatoms. The first-order chi connectivity index (χ1) is 31.0.